The number of likely N-dealkylation sites (tertiary alicyclic amines) is 2. The summed E-state index contributed by atoms with van der Waals surface area (Å²) in [7, 11) is 0. The van der Waals surface area contributed by atoms with Crippen molar-refractivity contribution >= 4 is 18.0 Å². The molecular formula is C28H48N2O8. The van der Waals surface area contributed by atoms with Gasteiger partial charge in [0.05, 0.1) is 44.5 Å². The minimum Gasteiger partial charge on any atom is -0.444 e. The highest BCUT2D eigenvalue weighted by Gasteiger charge is 2.36. The van der Waals surface area contributed by atoms with Crippen LogP contribution >= 0.6 is 0 Å². The van der Waals surface area contributed by atoms with Crippen LogP contribution in [0.2, 0.25) is 0 Å². The maximum Gasteiger partial charge on any atom is 0.410 e. The third kappa shape index (κ3) is 10.3. The molecule has 0 aromatic carbocycles. The van der Waals surface area contributed by atoms with Crippen molar-refractivity contribution < 1.29 is 38.4 Å². The topological polar surface area (TPSA) is 115 Å². The predicted octanol–water partition coefficient (Wildman–Crippen LogP) is 3.77. The largest absolute Gasteiger partial charge is 0.444 e. The molecule has 2 heterocycles. The van der Waals surface area contributed by atoms with Crippen LogP contribution in [0.25, 0.3) is 0 Å². The van der Waals surface area contributed by atoms with E-state index >= 15 is 0 Å². The molecule has 2 aliphatic heterocycles. The Morgan fingerprint density at radius 1 is 0.763 bits per heavy atom. The van der Waals surface area contributed by atoms with E-state index in [1.54, 1.807) is 9.80 Å². The van der Waals surface area contributed by atoms with Crippen molar-refractivity contribution in [1.82, 2.24) is 9.80 Å². The number of hydrogen-bond acceptors (Lipinski definition) is 8. The van der Waals surface area contributed by atoms with Crippen molar-refractivity contribution in [3.05, 3.63) is 0 Å². The molecule has 0 radical (unpaired) electrons. The third-order valence-corrected chi connectivity index (χ3v) is 7.00. The summed E-state index contributed by atoms with van der Waals surface area (Å²) in [6, 6.07) is 0. The van der Waals surface area contributed by atoms with E-state index in [4.69, 9.17) is 18.9 Å². The van der Waals surface area contributed by atoms with Crippen LogP contribution in [0.15, 0.2) is 0 Å². The van der Waals surface area contributed by atoms with E-state index in [9.17, 15) is 19.5 Å². The summed E-state index contributed by atoms with van der Waals surface area (Å²) in [6.45, 7) is 15.1. The Morgan fingerprint density at radius 3 is 1.50 bits per heavy atom. The van der Waals surface area contributed by atoms with Crippen LogP contribution in [0.3, 0.4) is 0 Å². The average Bonchev–Trinajstić information content (AvgIpc) is 2.65. The van der Waals surface area contributed by atoms with Crippen molar-refractivity contribution in [3.63, 3.8) is 0 Å². The third-order valence-electron chi connectivity index (χ3n) is 7.00. The van der Waals surface area contributed by atoms with Crippen molar-refractivity contribution in [2.75, 3.05) is 39.4 Å². The van der Waals surface area contributed by atoms with Crippen LogP contribution in [0.4, 0.5) is 9.59 Å². The smallest absolute Gasteiger partial charge is 0.410 e. The number of aliphatic hydroxyl groups excluding tert-OH is 1. The Bertz CT molecular complexity index is 795. The summed E-state index contributed by atoms with van der Waals surface area (Å²) in [4.78, 5) is 37.5. The minimum atomic E-state index is -0.445. The van der Waals surface area contributed by atoms with Gasteiger partial charge in [-0.05, 0) is 79.1 Å². The van der Waals surface area contributed by atoms with Gasteiger partial charge in [0.15, 0.2) is 0 Å². The highest BCUT2D eigenvalue weighted by molar-refractivity contribution is 5.84. The first kappa shape index (κ1) is 30.6. The molecule has 2 amide bonds. The highest BCUT2D eigenvalue weighted by Crippen LogP contribution is 2.30. The zero-order valence-corrected chi connectivity index (χ0v) is 24.1. The van der Waals surface area contributed by atoms with Gasteiger partial charge >= 0.3 is 12.2 Å². The predicted molar refractivity (Wildman–Crippen MR) is 141 cm³/mol. The summed E-state index contributed by atoms with van der Waals surface area (Å²) in [5, 5.41) is 9.17. The number of nitrogens with zero attached hydrogens (tertiary/aromatic N) is 2. The van der Waals surface area contributed by atoms with Crippen LogP contribution < -0.4 is 0 Å². The summed E-state index contributed by atoms with van der Waals surface area (Å²) in [5.74, 6) is 1.51. The summed E-state index contributed by atoms with van der Waals surface area (Å²) in [5.41, 5.74) is -0.881. The molecular weight excluding hydrogens is 492 g/mol. The Hall–Kier alpha value is -1.91. The average molecular weight is 541 g/mol. The monoisotopic (exact) mass is 540 g/mol. The molecule has 0 spiro atoms. The lowest BCUT2D eigenvalue weighted by Gasteiger charge is -2.40. The van der Waals surface area contributed by atoms with Gasteiger partial charge in [0.2, 0.25) is 0 Å². The van der Waals surface area contributed by atoms with Crippen molar-refractivity contribution in [1.29, 1.82) is 0 Å². The molecule has 0 unspecified atom stereocenters. The number of rotatable bonds is 8. The number of ketones is 1. The zero-order valence-electron chi connectivity index (χ0n) is 24.1. The quantitative estimate of drug-likeness (QED) is 0.495. The molecule has 0 bridgehead atoms. The van der Waals surface area contributed by atoms with Gasteiger partial charge in [0.1, 0.15) is 17.0 Å². The van der Waals surface area contributed by atoms with E-state index in [2.05, 4.69) is 0 Å². The number of hydrogen-bond donors (Lipinski definition) is 1. The lowest BCUT2D eigenvalue weighted by molar-refractivity contribution is -0.128. The van der Waals surface area contributed by atoms with Crippen LogP contribution in [0.5, 0.6) is 0 Å². The summed E-state index contributed by atoms with van der Waals surface area (Å²) < 4.78 is 21.9. The second kappa shape index (κ2) is 13.0. The Morgan fingerprint density at radius 2 is 1.16 bits per heavy atom. The number of Topliss-reactive ketones (excluding diaryl/α,β-unsaturated/α-hetero) is 1. The molecule has 10 heteroatoms. The number of carbonyl (C=O) groups excluding carboxylic acids is 3. The van der Waals surface area contributed by atoms with Crippen molar-refractivity contribution in [2.24, 2.45) is 11.8 Å². The number of aliphatic hydroxyl groups is 1. The molecule has 2 aliphatic carbocycles. The fourth-order valence-corrected chi connectivity index (χ4v) is 4.57. The first-order valence-corrected chi connectivity index (χ1v) is 14.1. The molecule has 0 aromatic rings. The molecule has 4 rings (SSSR count). The van der Waals surface area contributed by atoms with Crippen LogP contribution in [-0.4, -0.2) is 102 Å². The molecule has 4 fully saturated rings. The SMILES string of the molecule is CC(C)(C)OC(=O)N1CC(OCCC2CC(=O)C2)C1.CC(C)(C)OC(=O)N1CC(OCCC2CC(O)C2)C1. The van der Waals surface area contributed by atoms with Gasteiger partial charge in [-0.15, -0.1) is 0 Å². The highest BCUT2D eigenvalue weighted by atomic mass is 16.6. The second-order valence-corrected chi connectivity index (χ2v) is 13.1. The molecule has 10 nitrogen and oxygen atoms in total. The number of carbonyl (C=O) groups is 3. The van der Waals surface area contributed by atoms with Gasteiger partial charge in [-0.3, -0.25) is 4.79 Å². The molecule has 1 N–H and O–H groups in total. The van der Waals surface area contributed by atoms with E-state index in [1.807, 2.05) is 41.5 Å². The zero-order chi connectivity index (χ0) is 28.1. The minimum absolute atomic E-state index is 0.0867. The van der Waals surface area contributed by atoms with Gasteiger partial charge in [0, 0.05) is 26.1 Å². The second-order valence-electron chi connectivity index (χ2n) is 13.1. The van der Waals surface area contributed by atoms with Gasteiger partial charge < -0.3 is 33.9 Å². The van der Waals surface area contributed by atoms with Gasteiger partial charge in [-0.2, -0.15) is 0 Å². The molecule has 38 heavy (non-hydrogen) atoms. The first-order chi connectivity index (χ1) is 17.7. The molecule has 0 aromatic heterocycles. The Labute approximate surface area is 227 Å². The van der Waals surface area contributed by atoms with E-state index in [-0.39, 0.29) is 30.5 Å². The fourth-order valence-electron chi connectivity index (χ4n) is 4.57. The van der Waals surface area contributed by atoms with Crippen molar-refractivity contribution in [2.45, 2.75) is 110 Å². The molecule has 2 saturated carbocycles. The van der Waals surface area contributed by atoms with Crippen LogP contribution in [-0.2, 0) is 23.7 Å². The van der Waals surface area contributed by atoms with Crippen LogP contribution in [0, 0.1) is 11.8 Å². The molecule has 4 aliphatic rings. The van der Waals surface area contributed by atoms with Crippen LogP contribution in [0.1, 0.15) is 80.1 Å². The summed E-state index contributed by atoms with van der Waals surface area (Å²) in [6.07, 6.45) is 4.91. The molecule has 218 valence electrons. The Kier molecular flexibility index (Phi) is 10.4. The van der Waals surface area contributed by atoms with E-state index < -0.39 is 11.2 Å². The molecule has 2 saturated heterocycles. The van der Waals surface area contributed by atoms with Gasteiger partial charge in [0.25, 0.3) is 0 Å². The van der Waals surface area contributed by atoms with E-state index in [0.29, 0.717) is 50.4 Å². The van der Waals surface area contributed by atoms with E-state index in [1.165, 1.54) is 0 Å². The van der Waals surface area contributed by atoms with Gasteiger partial charge in [-0.1, -0.05) is 0 Å². The Balaban J connectivity index is 0.000000211. The number of amides is 2. The van der Waals surface area contributed by atoms with E-state index in [0.717, 1.165) is 45.1 Å². The normalized spacial score (nSPS) is 24.3. The fraction of sp³-hybridized carbons (Fsp3) is 0.893. The standard InChI is InChI=1S/C14H25NO4.C14H23NO4/c2*1-14(2,3)19-13(17)15-8-12(9-15)18-5-4-10-6-11(16)7-10/h10-12,16H,4-9H2,1-3H3;10,12H,4-9H2,1-3H3. The lowest BCUT2D eigenvalue weighted by Crippen LogP contribution is -2.56. The number of ether oxygens (including phenoxy) is 4. The maximum absolute atomic E-state index is 11.7. The summed E-state index contributed by atoms with van der Waals surface area (Å²) >= 11 is 0. The maximum atomic E-state index is 11.7. The molecule has 0 atom stereocenters. The lowest BCUT2D eigenvalue weighted by atomic mass is 9.80. The van der Waals surface area contributed by atoms with Crippen molar-refractivity contribution in [3.8, 4) is 0 Å². The first-order valence-electron chi connectivity index (χ1n) is 14.1. The van der Waals surface area contributed by atoms with Gasteiger partial charge in [-0.25, -0.2) is 9.59 Å².